The molecule has 1 atom stereocenters. The number of benzene rings is 1. The van der Waals surface area contributed by atoms with Gasteiger partial charge in [-0.15, -0.1) is 0 Å². The Morgan fingerprint density at radius 2 is 2.21 bits per heavy atom. The van der Waals surface area contributed by atoms with Crippen molar-refractivity contribution in [3.8, 4) is 0 Å². The minimum absolute atomic E-state index is 0.346. The first-order valence-corrected chi connectivity index (χ1v) is 7.05. The van der Waals surface area contributed by atoms with E-state index in [1.165, 1.54) is 17.4 Å². The second kappa shape index (κ2) is 5.27. The number of hydrogen-bond acceptors (Lipinski definition) is 3. The first kappa shape index (κ1) is 12.6. The van der Waals surface area contributed by atoms with Crippen molar-refractivity contribution in [3.63, 3.8) is 0 Å². The summed E-state index contributed by atoms with van der Waals surface area (Å²) < 4.78 is 0. The van der Waals surface area contributed by atoms with E-state index in [1.54, 1.807) is 0 Å². The highest BCUT2D eigenvalue weighted by Gasteiger charge is 2.16. The lowest BCUT2D eigenvalue weighted by Gasteiger charge is -2.30. The monoisotopic (exact) mass is 255 g/mol. The van der Waals surface area contributed by atoms with Gasteiger partial charge in [0.2, 0.25) is 0 Å². The number of fused-ring (bicyclic) bond motifs is 1. The van der Waals surface area contributed by atoms with Crippen molar-refractivity contribution >= 4 is 10.9 Å². The van der Waals surface area contributed by atoms with Crippen LogP contribution < -0.4 is 5.73 Å². The number of nitrogens with zero attached hydrogens (tertiary/aromatic N) is 2. The molecule has 0 bridgehead atoms. The lowest BCUT2D eigenvalue weighted by Crippen LogP contribution is -2.42. The van der Waals surface area contributed by atoms with Gasteiger partial charge in [-0.2, -0.15) is 0 Å². The third kappa shape index (κ3) is 2.94. The number of likely N-dealkylation sites (tertiary alicyclic amines) is 1. The van der Waals surface area contributed by atoms with E-state index in [1.807, 2.05) is 6.92 Å². The van der Waals surface area contributed by atoms with Crippen molar-refractivity contribution in [2.45, 2.75) is 32.4 Å². The van der Waals surface area contributed by atoms with Gasteiger partial charge in [0.05, 0.1) is 5.52 Å². The Hall–Kier alpha value is -1.45. The van der Waals surface area contributed by atoms with Crippen LogP contribution in [0.4, 0.5) is 0 Å². The minimum Gasteiger partial charge on any atom is -0.327 e. The molecule has 2 aromatic rings. The van der Waals surface area contributed by atoms with Crippen molar-refractivity contribution in [2.75, 3.05) is 13.1 Å². The average molecular weight is 255 g/mol. The smallest absolute Gasteiger partial charge is 0.0705 e. The fourth-order valence-electron chi connectivity index (χ4n) is 2.87. The van der Waals surface area contributed by atoms with E-state index < -0.39 is 0 Å². The van der Waals surface area contributed by atoms with Crippen molar-refractivity contribution in [2.24, 2.45) is 5.73 Å². The van der Waals surface area contributed by atoms with E-state index in [0.717, 1.165) is 37.3 Å². The maximum Gasteiger partial charge on any atom is 0.0705 e. The van der Waals surface area contributed by atoms with Crippen molar-refractivity contribution < 1.29 is 0 Å². The molecule has 0 aliphatic carbocycles. The molecule has 19 heavy (non-hydrogen) atoms. The zero-order valence-electron chi connectivity index (χ0n) is 11.5. The van der Waals surface area contributed by atoms with Crippen LogP contribution in [-0.2, 0) is 6.54 Å². The summed E-state index contributed by atoms with van der Waals surface area (Å²) in [6.07, 6.45) is 2.38. The van der Waals surface area contributed by atoms with Crippen LogP contribution in [0.2, 0.25) is 0 Å². The van der Waals surface area contributed by atoms with Crippen molar-refractivity contribution in [3.05, 3.63) is 41.6 Å². The van der Waals surface area contributed by atoms with Crippen LogP contribution in [0.3, 0.4) is 0 Å². The lowest BCUT2D eigenvalue weighted by molar-refractivity contribution is 0.201. The molecule has 100 valence electrons. The number of hydrogen-bond donors (Lipinski definition) is 1. The fourth-order valence-corrected chi connectivity index (χ4v) is 2.87. The van der Waals surface area contributed by atoms with E-state index in [2.05, 4.69) is 40.2 Å². The minimum atomic E-state index is 0.346. The maximum absolute atomic E-state index is 6.03. The first-order chi connectivity index (χ1) is 9.20. The molecular weight excluding hydrogens is 234 g/mol. The zero-order valence-corrected chi connectivity index (χ0v) is 11.5. The average Bonchev–Trinajstić information content (AvgIpc) is 2.39. The van der Waals surface area contributed by atoms with E-state index in [4.69, 9.17) is 5.73 Å². The second-order valence-electron chi connectivity index (χ2n) is 5.62. The summed E-state index contributed by atoms with van der Waals surface area (Å²) in [6.45, 7) is 5.21. The molecule has 1 aromatic heterocycles. The Kier molecular flexibility index (Phi) is 3.49. The summed E-state index contributed by atoms with van der Waals surface area (Å²) in [6, 6.07) is 11.1. The Bertz CT molecular complexity index is 579. The van der Waals surface area contributed by atoms with Gasteiger partial charge in [-0.3, -0.25) is 9.88 Å². The SMILES string of the molecule is Cc1ccc2cc(CN3CCCC(N)C3)ccc2n1. The molecule has 0 saturated carbocycles. The van der Waals surface area contributed by atoms with Gasteiger partial charge in [0.25, 0.3) is 0 Å². The number of piperidine rings is 1. The third-order valence-corrected chi connectivity index (χ3v) is 3.84. The largest absolute Gasteiger partial charge is 0.327 e. The van der Waals surface area contributed by atoms with Gasteiger partial charge in [0, 0.05) is 30.2 Å². The molecular formula is C16H21N3. The normalized spacial score (nSPS) is 20.8. The molecule has 1 aliphatic rings. The zero-order chi connectivity index (χ0) is 13.2. The van der Waals surface area contributed by atoms with Gasteiger partial charge in [0.1, 0.15) is 0 Å². The van der Waals surface area contributed by atoms with E-state index in [9.17, 15) is 0 Å². The van der Waals surface area contributed by atoms with Gasteiger partial charge in [-0.25, -0.2) is 0 Å². The van der Waals surface area contributed by atoms with Crippen molar-refractivity contribution in [1.29, 1.82) is 0 Å². The third-order valence-electron chi connectivity index (χ3n) is 3.84. The molecule has 0 spiro atoms. The van der Waals surface area contributed by atoms with Gasteiger partial charge in [-0.05, 0) is 50.1 Å². The van der Waals surface area contributed by atoms with Crippen LogP contribution >= 0.6 is 0 Å². The summed E-state index contributed by atoms with van der Waals surface area (Å²) in [5, 5.41) is 1.23. The fraction of sp³-hybridized carbons (Fsp3) is 0.438. The Labute approximate surface area is 114 Å². The molecule has 1 fully saturated rings. The Morgan fingerprint density at radius 3 is 3.05 bits per heavy atom. The molecule has 2 heterocycles. The standard InChI is InChI=1S/C16H21N3/c1-12-4-6-14-9-13(5-7-16(14)18-12)10-19-8-2-3-15(17)11-19/h4-7,9,15H,2-3,8,10-11,17H2,1H3. The van der Waals surface area contributed by atoms with Crippen LogP contribution in [0, 0.1) is 6.92 Å². The molecule has 3 heteroatoms. The number of rotatable bonds is 2. The Morgan fingerprint density at radius 1 is 1.32 bits per heavy atom. The summed E-state index contributed by atoms with van der Waals surface area (Å²) in [5.41, 5.74) is 9.54. The van der Waals surface area contributed by atoms with Crippen LogP contribution in [0.5, 0.6) is 0 Å². The highest BCUT2D eigenvalue weighted by molar-refractivity contribution is 5.79. The topological polar surface area (TPSA) is 42.1 Å². The molecule has 1 unspecified atom stereocenters. The molecule has 3 nitrogen and oxygen atoms in total. The quantitative estimate of drug-likeness (QED) is 0.896. The maximum atomic E-state index is 6.03. The molecule has 1 saturated heterocycles. The van der Waals surface area contributed by atoms with E-state index >= 15 is 0 Å². The van der Waals surface area contributed by atoms with Crippen LogP contribution in [0.25, 0.3) is 10.9 Å². The summed E-state index contributed by atoms with van der Waals surface area (Å²) >= 11 is 0. The van der Waals surface area contributed by atoms with E-state index in [0.29, 0.717) is 6.04 Å². The van der Waals surface area contributed by atoms with Gasteiger partial charge in [-0.1, -0.05) is 12.1 Å². The second-order valence-corrected chi connectivity index (χ2v) is 5.62. The Balaban J connectivity index is 1.79. The first-order valence-electron chi connectivity index (χ1n) is 7.05. The number of aryl methyl sites for hydroxylation is 1. The number of nitrogens with two attached hydrogens (primary N) is 1. The molecule has 0 amide bonds. The highest BCUT2D eigenvalue weighted by Crippen LogP contribution is 2.18. The van der Waals surface area contributed by atoms with Gasteiger partial charge < -0.3 is 5.73 Å². The van der Waals surface area contributed by atoms with Crippen LogP contribution in [0.15, 0.2) is 30.3 Å². The molecule has 0 radical (unpaired) electrons. The molecule has 3 rings (SSSR count). The van der Waals surface area contributed by atoms with E-state index in [-0.39, 0.29) is 0 Å². The van der Waals surface area contributed by atoms with Crippen LogP contribution in [-0.4, -0.2) is 29.0 Å². The van der Waals surface area contributed by atoms with Crippen LogP contribution in [0.1, 0.15) is 24.1 Å². The highest BCUT2D eigenvalue weighted by atomic mass is 15.1. The predicted molar refractivity (Wildman–Crippen MR) is 79.0 cm³/mol. The summed E-state index contributed by atoms with van der Waals surface area (Å²) in [5.74, 6) is 0. The molecule has 1 aliphatic heterocycles. The number of aromatic nitrogens is 1. The summed E-state index contributed by atoms with van der Waals surface area (Å²) in [4.78, 5) is 7.00. The lowest BCUT2D eigenvalue weighted by atomic mass is 10.0. The number of pyridine rings is 1. The van der Waals surface area contributed by atoms with Gasteiger partial charge >= 0.3 is 0 Å². The van der Waals surface area contributed by atoms with Crippen molar-refractivity contribution in [1.82, 2.24) is 9.88 Å². The predicted octanol–water partition coefficient (Wildman–Crippen LogP) is 2.47. The van der Waals surface area contributed by atoms with Gasteiger partial charge in [0.15, 0.2) is 0 Å². The molecule has 1 aromatic carbocycles. The summed E-state index contributed by atoms with van der Waals surface area (Å²) in [7, 11) is 0. The molecule has 2 N–H and O–H groups in total.